The number of nitrogens with one attached hydrogen (secondary N) is 1. The van der Waals surface area contributed by atoms with Crippen molar-refractivity contribution in [3.8, 4) is 6.07 Å². The molecule has 4 nitrogen and oxygen atoms in total. The normalized spacial score (nSPS) is 27.4. The summed E-state index contributed by atoms with van der Waals surface area (Å²) in [6, 6.07) is 1.86. The van der Waals surface area contributed by atoms with Crippen LogP contribution in [0.1, 0.15) is 39.0 Å². The Bertz CT molecular complexity index is 375. The van der Waals surface area contributed by atoms with Crippen molar-refractivity contribution < 1.29 is 8.42 Å². The maximum atomic E-state index is 11.9. The van der Waals surface area contributed by atoms with Gasteiger partial charge in [0.25, 0.3) is 0 Å². The van der Waals surface area contributed by atoms with E-state index in [0.717, 1.165) is 25.7 Å². The highest BCUT2D eigenvalue weighted by Gasteiger charge is 2.29. The summed E-state index contributed by atoms with van der Waals surface area (Å²) in [6.07, 6.45) is 6.38. The monoisotopic (exact) mass is 276 g/mol. The zero-order valence-electron chi connectivity index (χ0n) is 10.3. The van der Waals surface area contributed by atoms with E-state index >= 15 is 0 Å². The summed E-state index contributed by atoms with van der Waals surface area (Å²) in [4.78, 5) is 0. The van der Waals surface area contributed by atoms with Gasteiger partial charge in [-0.25, -0.2) is 13.1 Å². The molecule has 98 valence electrons. The Morgan fingerprint density at radius 2 is 2.24 bits per heavy atom. The fourth-order valence-corrected chi connectivity index (χ4v) is 4.41. The van der Waals surface area contributed by atoms with Gasteiger partial charge in [0.1, 0.15) is 0 Å². The fourth-order valence-electron chi connectivity index (χ4n) is 2.16. The van der Waals surface area contributed by atoms with Crippen LogP contribution in [-0.4, -0.2) is 31.2 Å². The summed E-state index contributed by atoms with van der Waals surface area (Å²) >= 11 is 1.80. The molecule has 0 saturated heterocycles. The molecule has 1 rings (SSSR count). The van der Waals surface area contributed by atoms with Gasteiger partial charge < -0.3 is 0 Å². The van der Waals surface area contributed by atoms with Crippen LogP contribution in [0, 0.1) is 11.3 Å². The average Bonchev–Trinajstić information content (AvgIpc) is 2.29. The van der Waals surface area contributed by atoms with Gasteiger partial charge in [0.15, 0.2) is 5.25 Å². The second-order valence-electron chi connectivity index (χ2n) is 4.41. The van der Waals surface area contributed by atoms with Crippen molar-refractivity contribution in [3.63, 3.8) is 0 Å². The van der Waals surface area contributed by atoms with Crippen LogP contribution in [0.3, 0.4) is 0 Å². The van der Waals surface area contributed by atoms with Gasteiger partial charge in [0, 0.05) is 11.3 Å². The molecule has 17 heavy (non-hydrogen) atoms. The maximum Gasteiger partial charge on any atom is 0.228 e. The highest BCUT2D eigenvalue weighted by molar-refractivity contribution is 7.99. The summed E-state index contributed by atoms with van der Waals surface area (Å²) in [5, 5.41) is 8.44. The summed E-state index contributed by atoms with van der Waals surface area (Å²) in [5.74, 6) is 0. The van der Waals surface area contributed by atoms with Crippen molar-refractivity contribution in [2.45, 2.75) is 55.6 Å². The van der Waals surface area contributed by atoms with Crippen molar-refractivity contribution >= 4 is 21.8 Å². The summed E-state index contributed by atoms with van der Waals surface area (Å²) in [7, 11) is -3.47. The Morgan fingerprint density at radius 1 is 1.53 bits per heavy atom. The molecule has 1 N–H and O–H groups in total. The topological polar surface area (TPSA) is 70.0 Å². The van der Waals surface area contributed by atoms with Crippen LogP contribution < -0.4 is 4.72 Å². The first-order valence-corrected chi connectivity index (χ1v) is 8.80. The molecular weight excluding hydrogens is 256 g/mol. The number of hydrogen-bond donors (Lipinski definition) is 1. The van der Waals surface area contributed by atoms with E-state index in [-0.39, 0.29) is 6.04 Å². The van der Waals surface area contributed by atoms with E-state index in [1.54, 1.807) is 18.7 Å². The van der Waals surface area contributed by atoms with Crippen LogP contribution in [0.2, 0.25) is 0 Å². The lowest BCUT2D eigenvalue weighted by Gasteiger charge is -2.29. The lowest BCUT2D eigenvalue weighted by molar-refractivity contribution is 0.419. The van der Waals surface area contributed by atoms with Gasteiger partial charge in [0.05, 0.1) is 6.07 Å². The molecule has 1 aliphatic carbocycles. The third kappa shape index (κ3) is 4.16. The van der Waals surface area contributed by atoms with Crippen molar-refractivity contribution in [2.75, 3.05) is 6.26 Å². The molecule has 0 radical (unpaired) electrons. The van der Waals surface area contributed by atoms with E-state index in [2.05, 4.69) is 11.0 Å². The highest BCUT2D eigenvalue weighted by atomic mass is 32.2. The summed E-state index contributed by atoms with van der Waals surface area (Å²) < 4.78 is 26.5. The second kappa shape index (κ2) is 6.62. The molecule has 3 unspecified atom stereocenters. The average molecular weight is 276 g/mol. The van der Waals surface area contributed by atoms with Crippen LogP contribution in [0.4, 0.5) is 0 Å². The molecule has 6 heteroatoms. The van der Waals surface area contributed by atoms with Gasteiger partial charge in [-0.15, -0.1) is 0 Å². The number of rotatable bonds is 5. The molecule has 0 bridgehead atoms. The van der Waals surface area contributed by atoms with Gasteiger partial charge in [-0.1, -0.05) is 13.3 Å². The first-order chi connectivity index (χ1) is 8.03. The van der Waals surface area contributed by atoms with Crippen molar-refractivity contribution in [1.82, 2.24) is 4.72 Å². The van der Waals surface area contributed by atoms with Crippen LogP contribution >= 0.6 is 11.8 Å². The minimum absolute atomic E-state index is 0.00796. The molecule has 1 fully saturated rings. The molecule has 1 aliphatic rings. The molecule has 0 aromatic carbocycles. The smallest absolute Gasteiger partial charge is 0.211 e. The van der Waals surface area contributed by atoms with Crippen LogP contribution in [-0.2, 0) is 10.0 Å². The Labute approximate surface area is 108 Å². The van der Waals surface area contributed by atoms with Crippen molar-refractivity contribution in [2.24, 2.45) is 0 Å². The summed E-state index contributed by atoms with van der Waals surface area (Å²) in [5.41, 5.74) is 0. The number of sulfonamides is 1. The SMILES string of the molecule is CCC(C#N)S(=O)(=O)NC1CCCC(SC)C1. The first kappa shape index (κ1) is 14.8. The minimum Gasteiger partial charge on any atom is -0.211 e. The van der Waals surface area contributed by atoms with Crippen molar-refractivity contribution in [1.29, 1.82) is 5.26 Å². The molecular formula is C11H20N2O2S2. The zero-order valence-corrected chi connectivity index (χ0v) is 12.0. The Hall–Kier alpha value is -0.250. The Balaban J connectivity index is 2.62. The second-order valence-corrected chi connectivity index (χ2v) is 7.44. The van der Waals surface area contributed by atoms with E-state index in [1.807, 2.05) is 6.07 Å². The van der Waals surface area contributed by atoms with Gasteiger partial charge in [-0.3, -0.25) is 0 Å². The number of nitriles is 1. The van der Waals surface area contributed by atoms with Crippen LogP contribution in [0.15, 0.2) is 0 Å². The number of hydrogen-bond acceptors (Lipinski definition) is 4. The molecule has 0 amide bonds. The van der Waals surface area contributed by atoms with Crippen molar-refractivity contribution in [3.05, 3.63) is 0 Å². The predicted octanol–water partition coefficient (Wildman–Crippen LogP) is 1.88. The highest BCUT2D eigenvalue weighted by Crippen LogP contribution is 2.27. The first-order valence-electron chi connectivity index (χ1n) is 5.97. The van der Waals surface area contributed by atoms with Gasteiger partial charge >= 0.3 is 0 Å². The quantitative estimate of drug-likeness (QED) is 0.832. The largest absolute Gasteiger partial charge is 0.228 e. The lowest BCUT2D eigenvalue weighted by Crippen LogP contribution is -2.43. The molecule has 0 heterocycles. The summed E-state index contributed by atoms with van der Waals surface area (Å²) in [6.45, 7) is 1.72. The maximum absolute atomic E-state index is 11.9. The van der Waals surface area contributed by atoms with E-state index in [9.17, 15) is 8.42 Å². The van der Waals surface area contributed by atoms with E-state index in [4.69, 9.17) is 5.26 Å². The third-order valence-electron chi connectivity index (χ3n) is 3.18. The molecule has 1 saturated carbocycles. The minimum atomic E-state index is -3.47. The Kier molecular flexibility index (Phi) is 5.77. The zero-order chi connectivity index (χ0) is 12.9. The molecule has 0 aromatic rings. The van der Waals surface area contributed by atoms with E-state index < -0.39 is 15.3 Å². The molecule has 3 atom stereocenters. The standard InChI is InChI=1S/C11H20N2O2S2/c1-3-11(8-12)17(14,15)13-9-5-4-6-10(7-9)16-2/h9-11,13H,3-7H2,1-2H3. The third-order valence-corrected chi connectivity index (χ3v) is 6.12. The Morgan fingerprint density at radius 3 is 2.76 bits per heavy atom. The van der Waals surface area contributed by atoms with Gasteiger partial charge in [-0.05, 0) is 31.9 Å². The molecule has 0 aromatic heterocycles. The van der Waals surface area contributed by atoms with E-state index in [1.165, 1.54) is 0 Å². The lowest BCUT2D eigenvalue weighted by atomic mass is 9.96. The fraction of sp³-hybridized carbons (Fsp3) is 0.909. The molecule has 0 aliphatic heterocycles. The molecule has 0 spiro atoms. The number of nitrogens with zero attached hydrogens (tertiary/aromatic N) is 1. The van der Waals surface area contributed by atoms with E-state index in [0.29, 0.717) is 11.7 Å². The van der Waals surface area contributed by atoms with Crippen LogP contribution in [0.5, 0.6) is 0 Å². The van der Waals surface area contributed by atoms with Gasteiger partial charge in [0.2, 0.25) is 10.0 Å². The predicted molar refractivity (Wildman–Crippen MR) is 71.3 cm³/mol. The van der Waals surface area contributed by atoms with Crippen LogP contribution in [0.25, 0.3) is 0 Å². The van der Waals surface area contributed by atoms with Gasteiger partial charge in [-0.2, -0.15) is 17.0 Å². The number of thioether (sulfide) groups is 1.